The summed E-state index contributed by atoms with van der Waals surface area (Å²) in [6.45, 7) is 0.904. The van der Waals surface area contributed by atoms with Crippen LogP contribution >= 0.6 is 23.2 Å². The Labute approximate surface area is 192 Å². The van der Waals surface area contributed by atoms with Crippen LogP contribution in [0.3, 0.4) is 0 Å². The van der Waals surface area contributed by atoms with Crippen LogP contribution in [0.25, 0.3) is 5.57 Å². The highest BCUT2D eigenvalue weighted by molar-refractivity contribution is 6.31. The highest BCUT2D eigenvalue weighted by Gasteiger charge is 2.56. The van der Waals surface area contributed by atoms with E-state index < -0.39 is 5.41 Å². The summed E-state index contributed by atoms with van der Waals surface area (Å²) in [6.07, 6.45) is 2.96. The van der Waals surface area contributed by atoms with Crippen molar-refractivity contribution in [2.24, 2.45) is 11.3 Å². The van der Waals surface area contributed by atoms with E-state index in [1.165, 1.54) is 5.56 Å². The van der Waals surface area contributed by atoms with Crippen molar-refractivity contribution in [2.45, 2.75) is 12.3 Å². The second-order valence-electron chi connectivity index (χ2n) is 8.39. The lowest BCUT2D eigenvalue weighted by Crippen LogP contribution is -2.41. The second-order valence-corrected chi connectivity index (χ2v) is 9.26. The van der Waals surface area contributed by atoms with Crippen molar-refractivity contribution in [3.63, 3.8) is 0 Å². The first-order valence-electron chi connectivity index (χ1n) is 10.5. The second kappa shape index (κ2) is 8.27. The monoisotopic (exact) mass is 448 g/mol. The first-order valence-corrected chi connectivity index (χ1v) is 11.2. The molecule has 3 atom stereocenters. The van der Waals surface area contributed by atoms with Crippen LogP contribution in [0.15, 0.2) is 84.9 Å². The molecule has 0 N–H and O–H groups in total. The number of hydrogen-bond acceptors (Lipinski definition) is 2. The van der Waals surface area contributed by atoms with Crippen molar-refractivity contribution in [1.82, 2.24) is 0 Å². The zero-order valence-electron chi connectivity index (χ0n) is 16.9. The SMILES string of the molecule is O=C1[C@H]2COC[C@]1(C=C(c1ccc(Cl)cc1)c1ccc(Cl)cc1)[C@H](c1ccccc1)C2. The third kappa shape index (κ3) is 3.74. The molecule has 156 valence electrons. The van der Waals surface area contributed by atoms with Gasteiger partial charge in [0.2, 0.25) is 0 Å². The van der Waals surface area contributed by atoms with Gasteiger partial charge in [-0.25, -0.2) is 0 Å². The molecule has 2 bridgehead atoms. The molecule has 0 amide bonds. The predicted molar refractivity (Wildman–Crippen MR) is 126 cm³/mol. The van der Waals surface area contributed by atoms with Gasteiger partial charge >= 0.3 is 0 Å². The van der Waals surface area contributed by atoms with Crippen LogP contribution in [0.1, 0.15) is 29.0 Å². The molecule has 1 saturated heterocycles. The third-order valence-electron chi connectivity index (χ3n) is 6.55. The molecule has 2 nitrogen and oxygen atoms in total. The Hall–Kier alpha value is -2.39. The van der Waals surface area contributed by atoms with E-state index in [2.05, 4.69) is 18.2 Å². The van der Waals surface area contributed by atoms with E-state index in [4.69, 9.17) is 27.9 Å². The molecular weight excluding hydrogens is 427 g/mol. The molecule has 0 aromatic heterocycles. The van der Waals surface area contributed by atoms with E-state index in [9.17, 15) is 4.79 Å². The van der Waals surface area contributed by atoms with Crippen molar-refractivity contribution in [2.75, 3.05) is 13.2 Å². The summed E-state index contributed by atoms with van der Waals surface area (Å²) < 4.78 is 5.99. The van der Waals surface area contributed by atoms with Crippen LogP contribution in [0.5, 0.6) is 0 Å². The van der Waals surface area contributed by atoms with Crippen LogP contribution < -0.4 is 0 Å². The largest absolute Gasteiger partial charge is 0.379 e. The fraction of sp³-hybridized carbons (Fsp3) is 0.222. The van der Waals surface area contributed by atoms with Crippen LogP contribution in [-0.2, 0) is 9.53 Å². The Kier molecular flexibility index (Phi) is 5.47. The Morgan fingerprint density at radius 1 is 0.871 bits per heavy atom. The molecule has 0 radical (unpaired) electrons. The highest BCUT2D eigenvalue weighted by atomic mass is 35.5. The molecule has 0 unspecified atom stereocenters. The molecule has 4 heteroatoms. The number of hydrogen-bond donors (Lipinski definition) is 0. The summed E-state index contributed by atoms with van der Waals surface area (Å²) in [4.78, 5) is 13.6. The van der Waals surface area contributed by atoms with Crippen LogP contribution in [0, 0.1) is 11.3 Å². The molecular formula is C27H22Cl2O2. The number of fused-ring (bicyclic) bond motifs is 2. The summed E-state index contributed by atoms with van der Waals surface area (Å²) in [7, 11) is 0. The quantitative estimate of drug-likeness (QED) is 0.437. The number of Topliss-reactive ketones (excluding diaryl/α,β-unsaturated/α-hetero) is 1. The molecule has 3 aromatic rings. The number of ether oxygens (including phenoxy) is 1. The normalized spacial score (nSPS) is 24.8. The zero-order valence-corrected chi connectivity index (χ0v) is 18.4. The number of carbonyl (C=O) groups excluding carboxylic acids is 1. The predicted octanol–water partition coefficient (Wildman–Crippen LogP) is 6.81. The number of carbonyl (C=O) groups is 1. The summed E-state index contributed by atoms with van der Waals surface area (Å²) in [6, 6.07) is 25.8. The van der Waals surface area contributed by atoms with E-state index in [1.807, 2.05) is 66.7 Å². The molecule has 2 aliphatic rings. The first kappa shape index (κ1) is 20.5. The average Bonchev–Trinajstić information content (AvgIpc) is 2.94. The standard InChI is InChI=1S/C27H22Cl2O2/c28-22-10-6-18(7-11-22)24(19-8-12-23(29)13-9-19)15-27-17-31-16-21(26(27)30)14-25(27)20-4-2-1-3-5-20/h1-13,15,21,25H,14,16-17H2/t21-,25+,27-/m1/s1. The number of rotatable bonds is 4. The van der Waals surface area contributed by atoms with Gasteiger partial charge in [-0.05, 0) is 52.9 Å². The molecule has 1 saturated carbocycles. The van der Waals surface area contributed by atoms with Crippen molar-refractivity contribution in [3.8, 4) is 0 Å². The number of benzene rings is 3. The maximum Gasteiger partial charge on any atom is 0.151 e. The van der Waals surface area contributed by atoms with Gasteiger partial charge in [-0.3, -0.25) is 4.79 Å². The van der Waals surface area contributed by atoms with Gasteiger partial charge in [0.1, 0.15) is 0 Å². The summed E-state index contributed by atoms with van der Waals surface area (Å²) in [5.74, 6) is 0.309. The summed E-state index contributed by atoms with van der Waals surface area (Å²) >= 11 is 12.3. The van der Waals surface area contributed by atoms with Crippen molar-refractivity contribution in [3.05, 3.63) is 112 Å². The maximum atomic E-state index is 13.6. The molecule has 0 spiro atoms. The van der Waals surface area contributed by atoms with E-state index >= 15 is 0 Å². The van der Waals surface area contributed by atoms with Gasteiger partial charge in [-0.1, -0.05) is 83.9 Å². The van der Waals surface area contributed by atoms with Gasteiger partial charge in [0, 0.05) is 21.9 Å². The van der Waals surface area contributed by atoms with E-state index in [1.54, 1.807) is 0 Å². The van der Waals surface area contributed by atoms with Crippen LogP contribution in [-0.4, -0.2) is 19.0 Å². The Balaban J connectivity index is 1.70. The van der Waals surface area contributed by atoms with Gasteiger partial charge in [-0.15, -0.1) is 0 Å². The number of halogens is 2. The fourth-order valence-electron chi connectivity index (χ4n) is 5.02. The van der Waals surface area contributed by atoms with E-state index in [-0.39, 0.29) is 17.6 Å². The minimum absolute atomic E-state index is 0.0631. The lowest BCUT2D eigenvalue weighted by atomic mass is 9.71. The topological polar surface area (TPSA) is 26.3 Å². The van der Waals surface area contributed by atoms with Gasteiger partial charge in [0.15, 0.2) is 5.78 Å². The minimum Gasteiger partial charge on any atom is -0.379 e. The molecule has 1 aliphatic heterocycles. The maximum absolute atomic E-state index is 13.6. The molecule has 1 aliphatic carbocycles. The first-order chi connectivity index (χ1) is 15.1. The molecule has 2 fully saturated rings. The van der Waals surface area contributed by atoms with Gasteiger partial charge < -0.3 is 4.74 Å². The average molecular weight is 449 g/mol. The van der Waals surface area contributed by atoms with Gasteiger partial charge in [-0.2, -0.15) is 0 Å². The molecule has 1 heterocycles. The van der Waals surface area contributed by atoms with Crippen LogP contribution in [0.4, 0.5) is 0 Å². The third-order valence-corrected chi connectivity index (χ3v) is 7.05. The smallest absolute Gasteiger partial charge is 0.151 e. The van der Waals surface area contributed by atoms with E-state index in [0.29, 0.717) is 23.3 Å². The van der Waals surface area contributed by atoms with Crippen molar-refractivity contribution < 1.29 is 9.53 Å². The molecule has 5 rings (SSSR count). The lowest BCUT2D eigenvalue weighted by molar-refractivity contribution is -0.137. The summed E-state index contributed by atoms with van der Waals surface area (Å²) in [5, 5.41) is 1.36. The van der Waals surface area contributed by atoms with Gasteiger partial charge in [0.25, 0.3) is 0 Å². The molecule has 3 aromatic carbocycles. The van der Waals surface area contributed by atoms with Gasteiger partial charge in [0.05, 0.1) is 18.6 Å². The fourth-order valence-corrected chi connectivity index (χ4v) is 5.27. The van der Waals surface area contributed by atoms with Crippen molar-refractivity contribution in [1.29, 1.82) is 0 Å². The Morgan fingerprint density at radius 3 is 2.03 bits per heavy atom. The van der Waals surface area contributed by atoms with Crippen molar-refractivity contribution >= 4 is 34.6 Å². The molecule has 31 heavy (non-hydrogen) atoms. The minimum atomic E-state index is -0.696. The summed E-state index contributed by atoms with van der Waals surface area (Å²) in [5.41, 5.74) is 3.50. The number of ketones is 1. The van der Waals surface area contributed by atoms with E-state index in [0.717, 1.165) is 23.1 Å². The van der Waals surface area contributed by atoms with Crippen LogP contribution in [0.2, 0.25) is 10.0 Å². The Bertz CT molecular complexity index is 1070. The lowest BCUT2D eigenvalue weighted by Gasteiger charge is -2.34. The highest BCUT2D eigenvalue weighted by Crippen LogP contribution is 2.54. The Morgan fingerprint density at radius 2 is 1.45 bits per heavy atom. The zero-order chi connectivity index (χ0) is 21.4.